The average molecular weight is 245 g/mol. The summed E-state index contributed by atoms with van der Waals surface area (Å²) in [6, 6.07) is 9.44. The van der Waals surface area contributed by atoms with Gasteiger partial charge in [-0.15, -0.1) is 5.10 Å². The van der Waals surface area contributed by atoms with Crippen molar-refractivity contribution in [3.05, 3.63) is 42.2 Å². The molecule has 0 fully saturated rings. The highest BCUT2D eigenvalue weighted by Crippen LogP contribution is 2.05. The van der Waals surface area contributed by atoms with Crippen LogP contribution >= 0.6 is 0 Å². The van der Waals surface area contributed by atoms with Crippen molar-refractivity contribution in [2.75, 3.05) is 20.1 Å². The van der Waals surface area contributed by atoms with Crippen LogP contribution in [0.25, 0.3) is 5.69 Å². The molecule has 0 aliphatic rings. The van der Waals surface area contributed by atoms with Gasteiger partial charge in [-0.3, -0.25) is 4.79 Å². The minimum absolute atomic E-state index is 0.178. The second-order valence-electron chi connectivity index (χ2n) is 3.87. The molecule has 94 valence electrons. The Balaban J connectivity index is 2.18. The molecule has 6 nitrogen and oxygen atoms in total. The van der Waals surface area contributed by atoms with Crippen LogP contribution in [0, 0.1) is 0 Å². The summed E-state index contributed by atoms with van der Waals surface area (Å²) in [6.45, 7) is 0.923. The number of hydrogen-bond donors (Lipinski definition) is 1. The summed E-state index contributed by atoms with van der Waals surface area (Å²) in [7, 11) is 1.69. The SMILES string of the molecule is CN(CCN)C(=O)c1cnn(-c2ccccc2)n1. The summed E-state index contributed by atoms with van der Waals surface area (Å²) in [5.74, 6) is -0.178. The zero-order valence-corrected chi connectivity index (χ0v) is 10.2. The van der Waals surface area contributed by atoms with Gasteiger partial charge in [0.2, 0.25) is 0 Å². The van der Waals surface area contributed by atoms with Crippen LogP contribution < -0.4 is 5.73 Å². The molecule has 0 saturated heterocycles. The molecule has 0 unspecified atom stereocenters. The molecule has 0 saturated carbocycles. The lowest BCUT2D eigenvalue weighted by molar-refractivity contribution is 0.0793. The predicted molar refractivity (Wildman–Crippen MR) is 67.4 cm³/mol. The number of carbonyl (C=O) groups excluding carboxylic acids is 1. The number of amides is 1. The molecule has 0 spiro atoms. The summed E-state index contributed by atoms with van der Waals surface area (Å²) in [4.78, 5) is 14.9. The minimum atomic E-state index is -0.178. The molecule has 0 aliphatic heterocycles. The maximum absolute atomic E-state index is 11.9. The lowest BCUT2D eigenvalue weighted by Crippen LogP contribution is -2.32. The summed E-state index contributed by atoms with van der Waals surface area (Å²) >= 11 is 0. The molecule has 0 radical (unpaired) electrons. The van der Waals surface area contributed by atoms with Crippen molar-refractivity contribution < 1.29 is 4.79 Å². The van der Waals surface area contributed by atoms with E-state index in [1.807, 2.05) is 30.3 Å². The van der Waals surface area contributed by atoms with E-state index in [9.17, 15) is 4.79 Å². The highest BCUT2D eigenvalue weighted by atomic mass is 16.2. The number of nitrogens with two attached hydrogens (primary N) is 1. The molecule has 1 amide bonds. The van der Waals surface area contributed by atoms with Gasteiger partial charge in [0, 0.05) is 20.1 Å². The fraction of sp³-hybridized carbons (Fsp3) is 0.250. The Hall–Kier alpha value is -2.21. The van der Waals surface area contributed by atoms with Gasteiger partial charge in [-0.1, -0.05) is 18.2 Å². The minimum Gasteiger partial charge on any atom is -0.339 e. The van der Waals surface area contributed by atoms with Crippen LogP contribution in [0.5, 0.6) is 0 Å². The van der Waals surface area contributed by atoms with Crippen molar-refractivity contribution in [2.45, 2.75) is 0 Å². The number of para-hydroxylation sites is 1. The van der Waals surface area contributed by atoms with Gasteiger partial charge in [-0.05, 0) is 12.1 Å². The van der Waals surface area contributed by atoms with E-state index < -0.39 is 0 Å². The Kier molecular flexibility index (Phi) is 3.69. The van der Waals surface area contributed by atoms with E-state index >= 15 is 0 Å². The summed E-state index contributed by atoms with van der Waals surface area (Å²) in [6.07, 6.45) is 1.46. The topological polar surface area (TPSA) is 77.0 Å². The molecule has 0 atom stereocenters. The van der Waals surface area contributed by atoms with Crippen LogP contribution in [0.4, 0.5) is 0 Å². The first-order chi connectivity index (χ1) is 8.72. The van der Waals surface area contributed by atoms with Crippen molar-refractivity contribution in [1.82, 2.24) is 19.9 Å². The molecule has 18 heavy (non-hydrogen) atoms. The van der Waals surface area contributed by atoms with Crippen molar-refractivity contribution in [2.24, 2.45) is 5.73 Å². The highest BCUT2D eigenvalue weighted by Gasteiger charge is 2.15. The fourth-order valence-electron chi connectivity index (χ4n) is 1.54. The Morgan fingerprint density at radius 1 is 1.39 bits per heavy atom. The second-order valence-corrected chi connectivity index (χ2v) is 3.87. The van der Waals surface area contributed by atoms with Gasteiger partial charge in [-0.2, -0.15) is 9.90 Å². The number of hydrogen-bond acceptors (Lipinski definition) is 4. The van der Waals surface area contributed by atoms with Gasteiger partial charge < -0.3 is 10.6 Å². The zero-order valence-electron chi connectivity index (χ0n) is 10.2. The molecule has 1 aromatic heterocycles. The molecule has 2 N–H and O–H groups in total. The molecule has 0 aliphatic carbocycles. The van der Waals surface area contributed by atoms with Gasteiger partial charge >= 0.3 is 0 Å². The first-order valence-corrected chi connectivity index (χ1v) is 5.65. The maximum atomic E-state index is 11.9. The third-order valence-electron chi connectivity index (χ3n) is 2.51. The summed E-state index contributed by atoms with van der Waals surface area (Å²) < 4.78 is 0. The molecule has 1 heterocycles. The largest absolute Gasteiger partial charge is 0.339 e. The molecule has 1 aromatic carbocycles. The van der Waals surface area contributed by atoms with E-state index in [1.54, 1.807) is 7.05 Å². The van der Waals surface area contributed by atoms with Crippen molar-refractivity contribution in [1.29, 1.82) is 0 Å². The Bertz CT molecular complexity index is 522. The zero-order chi connectivity index (χ0) is 13.0. The Morgan fingerprint density at radius 3 is 2.78 bits per heavy atom. The Morgan fingerprint density at radius 2 is 2.11 bits per heavy atom. The number of nitrogens with zero attached hydrogens (tertiary/aromatic N) is 4. The van der Waals surface area contributed by atoms with Crippen molar-refractivity contribution in [3.8, 4) is 5.69 Å². The smallest absolute Gasteiger partial charge is 0.275 e. The van der Waals surface area contributed by atoms with E-state index in [-0.39, 0.29) is 5.91 Å². The average Bonchev–Trinajstić information content (AvgIpc) is 2.89. The fourth-order valence-corrected chi connectivity index (χ4v) is 1.54. The Labute approximate surface area is 105 Å². The van der Waals surface area contributed by atoms with Crippen LogP contribution in [0.15, 0.2) is 36.5 Å². The van der Waals surface area contributed by atoms with E-state index in [0.717, 1.165) is 5.69 Å². The quantitative estimate of drug-likeness (QED) is 0.840. The molecule has 2 aromatic rings. The van der Waals surface area contributed by atoms with Gasteiger partial charge in [0.05, 0.1) is 11.9 Å². The summed E-state index contributed by atoms with van der Waals surface area (Å²) in [5, 5.41) is 8.23. The van der Waals surface area contributed by atoms with Crippen LogP contribution in [0.1, 0.15) is 10.5 Å². The van der Waals surface area contributed by atoms with Gasteiger partial charge in [0.15, 0.2) is 5.69 Å². The van der Waals surface area contributed by atoms with Gasteiger partial charge in [-0.25, -0.2) is 0 Å². The number of benzene rings is 1. The number of aromatic nitrogens is 3. The monoisotopic (exact) mass is 245 g/mol. The third kappa shape index (κ3) is 2.54. The number of likely N-dealkylation sites (N-methyl/N-ethyl adjacent to an activating group) is 1. The van der Waals surface area contributed by atoms with Crippen LogP contribution in [0.3, 0.4) is 0 Å². The molecular weight excluding hydrogens is 230 g/mol. The number of rotatable bonds is 4. The van der Waals surface area contributed by atoms with E-state index in [0.29, 0.717) is 18.8 Å². The van der Waals surface area contributed by atoms with Crippen LogP contribution in [-0.4, -0.2) is 45.9 Å². The second kappa shape index (κ2) is 5.42. The van der Waals surface area contributed by atoms with Crippen molar-refractivity contribution >= 4 is 5.91 Å². The third-order valence-corrected chi connectivity index (χ3v) is 2.51. The molecule has 6 heteroatoms. The van der Waals surface area contributed by atoms with E-state index in [1.165, 1.54) is 15.9 Å². The first-order valence-electron chi connectivity index (χ1n) is 5.65. The van der Waals surface area contributed by atoms with Gasteiger partial charge in [0.1, 0.15) is 0 Å². The van der Waals surface area contributed by atoms with Crippen LogP contribution in [0.2, 0.25) is 0 Å². The molecule has 2 rings (SSSR count). The summed E-state index contributed by atoms with van der Waals surface area (Å²) in [5.41, 5.74) is 6.54. The first kappa shape index (κ1) is 12.3. The maximum Gasteiger partial charge on any atom is 0.275 e. The lowest BCUT2D eigenvalue weighted by Gasteiger charge is -2.13. The molecular formula is C12H15N5O. The standard InChI is InChI=1S/C12H15N5O/c1-16(8-7-13)12(18)11-9-14-17(15-11)10-5-3-2-4-6-10/h2-6,9H,7-8,13H2,1H3. The van der Waals surface area contributed by atoms with Gasteiger partial charge in [0.25, 0.3) is 5.91 Å². The highest BCUT2D eigenvalue weighted by molar-refractivity contribution is 5.91. The van der Waals surface area contributed by atoms with E-state index in [2.05, 4.69) is 10.2 Å². The number of carbonyl (C=O) groups is 1. The lowest BCUT2D eigenvalue weighted by atomic mass is 10.3. The molecule has 0 bridgehead atoms. The van der Waals surface area contributed by atoms with E-state index in [4.69, 9.17) is 5.73 Å². The normalized spacial score (nSPS) is 10.3. The predicted octanol–water partition coefficient (Wildman–Crippen LogP) is 0.298. The van der Waals surface area contributed by atoms with Crippen LogP contribution in [-0.2, 0) is 0 Å². The van der Waals surface area contributed by atoms with Crippen molar-refractivity contribution in [3.63, 3.8) is 0 Å².